The lowest BCUT2D eigenvalue weighted by atomic mass is 10.1. The van der Waals surface area contributed by atoms with Crippen LogP contribution in [0, 0.1) is 0 Å². The van der Waals surface area contributed by atoms with Crippen molar-refractivity contribution in [2.24, 2.45) is 10.3 Å². The van der Waals surface area contributed by atoms with Crippen LogP contribution in [0.5, 0.6) is 0 Å². The highest BCUT2D eigenvalue weighted by atomic mass is 15.6. The summed E-state index contributed by atoms with van der Waals surface area (Å²) in [5.74, 6) is 0. The van der Waals surface area contributed by atoms with Crippen molar-refractivity contribution in [2.75, 3.05) is 13.1 Å². The predicted molar refractivity (Wildman–Crippen MR) is 63.9 cm³/mol. The zero-order valence-corrected chi connectivity index (χ0v) is 10.3. The zero-order chi connectivity index (χ0) is 10.9. The predicted octanol–water partition coefficient (Wildman–Crippen LogP) is 3.81. The van der Waals surface area contributed by atoms with Crippen molar-refractivity contribution in [1.82, 2.24) is 5.01 Å². The molecule has 0 aromatic carbocycles. The minimum atomic E-state index is 0.605. The monoisotopic (exact) mass is 211 g/mol. The first-order valence-corrected chi connectivity index (χ1v) is 6.52. The van der Waals surface area contributed by atoms with Gasteiger partial charge in [0.05, 0.1) is 12.6 Å². The van der Waals surface area contributed by atoms with Crippen molar-refractivity contribution in [3.8, 4) is 0 Å². The minimum Gasteiger partial charge on any atom is -0.274 e. The Morgan fingerprint density at radius 1 is 1.07 bits per heavy atom. The maximum absolute atomic E-state index is 4.23. The third-order valence-corrected chi connectivity index (χ3v) is 3.02. The third-order valence-electron chi connectivity index (χ3n) is 3.02. The van der Waals surface area contributed by atoms with E-state index in [0.717, 1.165) is 13.1 Å². The average molecular weight is 211 g/mol. The van der Waals surface area contributed by atoms with E-state index in [9.17, 15) is 0 Å². The molecule has 0 fully saturated rings. The van der Waals surface area contributed by atoms with E-state index >= 15 is 0 Å². The van der Waals surface area contributed by atoms with Crippen LogP contribution >= 0.6 is 0 Å². The molecule has 1 atom stereocenters. The summed E-state index contributed by atoms with van der Waals surface area (Å²) in [6.45, 7) is 6.52. The summed E-state index contributed by atoms with van der Waals surface area (Å²) in [5.41, 5.74) is 0. The molecule has 1 aliphatic rings. The smallest absolute Gasteiger partial charge is 0.0841 e. The van der Waals surface area contributed by atoms with Crippen molar-refractivity contribution in [3.63, 3.8) is 0 Å². The standard InChI is InChI=1S/C12H25N3/c1-3-5-7-9-12-11-13-14-15(12)10-8-6-4-2/h12H,3-11H2,1-2H3. The first-order chi connectivity index (χ1) is 7.38. The van der Waals surface area contributed by atoms with Gasteiger partial charge in [0.1, 0.15) is 0 Å². The van der Waals surface area contributed by atoms with E-state index < -0.39 is 0 Å². The Morgan fingerprint density at radius 2 is 1.80 bits per heavy atom. The lowest BCUT2D eigenvalue weighted by Crippen LogP contribution is -2.29. The van der Waals surface area contributed by atoms with Crippen LogP contribution in [-0.4, -0.2) is 24.1 Å². The number of hydrogen-bond donors (Lipinski definition) is 0. The lowest BCUT2D eigenvalue weighted by molar-refractivity contribution is 0.219. The van der Waals surface area contributed by atoms with E-state index in [0.29, 0.717) is 6.04 Å². The molecule has 0 aromatic rings. The molecule has 1 heterocycles. The molecule has 0 bridgehead atoms. The van der Waals surface area contributed by atoms with Crippen LogP contribution in [0.3, 0.4) is 0 Å². The second-order valence-corrected chi connectivity index (χ2v) is 4.43. The van der Waals surface area contributed by atoms with Gasteiger partial charge in [-0.15, -0.1) is 0 Å². The topological polar surface area (TPSA) is 28.0 Å². The van der Waals surface area contributed by atoms with Crippen LogP contribution in [0.15, 0.2) is 10.3 Å². The summed E-state index contributed by atoms with van der Waals surface area (Å²) in [4.78, 5) is 0. The Hall–Kier alpha value is -0.600. The van der Waals surface area contributed by atoms with E-state index in [4.69, 9.17) is 0 Å². The molecule has 88 valence electrons. The maximum atomic E-state index is 4.23. The van der Waals surface area contributed by atoms with Gasteiger partial charge in [0.15, 0.2) is 0 Å². The molecule has 15 heavy (non-hydrogen) atoms. The average Bonchev–Trinajstić information content (AvgIpc) is 2.67. The molecule has 0 aliphatic carbocycles. The first-order valence-electron chi connectivity index (χ1n) is 6.52. The van der Waals surface area contributed by atoms with Crippen LogP contribution < -0.4 is 0 Å². The van der Waals surface area contributed by atoms with Gasteiger partial charge in [0.2, 0.25) is 0 Å². The highest BCUT2D eigenvalue weighted by Crippen LogP contribution is 2.17. The van der Waals surface area contributed by atoms with Crippen molar-refractivity contribution in [2.45, 2.75) is 64.8 Å². The van der Waals surface area contributed by atoms with Crippen molar-refractivity contribution < 1.29 is 0 Å². The van der Waals surface area contributed by atoms with Crippen LogP contribution in [0.25, 0.3) is 0 Å². The van der Waals surface area contributed by atoms with Crippen LogP contribution in [0.4, 0.5) is 0 Å². The second-order valence-electron chi connectivity index (χ2n) is 4.43. The molecule has 1 aliphatic heterocycles. The summed E-state index contributed by atoms with van der Waals surface area (Å²) in [6, 6.07) is 0.605. The molecular formula is C12H25N3. The molecule has 0 saturated heterocycles. The largest absolute Gasteiger partial charge is 0.274 e. The van der Waals surface area contributed by atoms with E-state index in [2.05, 4.69) is 29.2 Å². The van der Waals surface area contributed by atoms with Crippen LogP contribution in [0.1, 0.15) is 58.8 Å². The van der Waals surface area contributed by atoms with Gasteiger partial charge in [0, 0.05) is 6.54 Å². The molecule has 0 spiro atoms. The second kappa shape index (κ2) is 7.66. The van der Waals surface area contributed by atoms with Crippen molar-refractivity contribution in [1.29, 1.82) is 0 Å². The normalized spacial score (nSPS) is 20.1. The van der Waals surface area contributed by atoms with Gasteiger partial charge in [-0.05, 0) is 12.8 Å². The summed E-state index contributed by atoms with van der Waals surface area (Å²) in [5, 5.41) is 10.6. The quantitative estimate of drug-likeness (QED) is 0.561. The van der Waals surface area contributed by atoms with E-state index in [1.54, 1.807) is 0 Å². The Bertz CT molecular complexity index is 180. The van der Waals surface area contributed by atoms with Crippen molar-refractivity contribution in [3.05, 3.63) is 0 Å². The van der Waals surface area contributed by atoms with E-state index in [1.807, 2.05) is 0 Å². The Labute approximate surface area is 93.9 Å². The maximum Gasteiger partial charge on any atom is 0.0841 e. The molecule has 3 nitrogen and oxygen atoms in total. The van der Waals surface area contributed by atoms with Gasteiger partial charge in [-0.2, -0.15) is 5.11 Å². The third kappa shape index (κ3) is 4.63. The van der Waals surface area contributed by atoms with Crippen molar-refractivity contribution >= 4 is 0 Å². The molecule has 1 rings (SSSR count). The van der Waals surface area contributed by atoms with Gasteiger partial charge >= 0.3 is 0 Å². The molecule has 0 N–H and O–H groups in total. The SMILES string of the molecule is CCCCCC1CN=NN1CCCCC. The number of unbranched alkanes of at least 4 members (excludes halogenated alkanes) is 4. The fraction of sp³-hybridized carbons (Fsp3) is 1.00. The number of rotatable bonds is 8. The molecule has 0 amide bonds. The molecule has 0 radical (unpaired) electrons. The van der Waals surface area contributed by atoms with Crippen LogP contribution in [-0.2, 0) is 0 Å². The minimum absolute atomic E-state index is 0.605. The summed E-state index contributed by atoms with van der Waals surface area (Å²) in [7, 11) is 0. The fourth-order valence-corrected chi connectivity index (χ4v) is 2.00. The van der Waals surface area contributed by atoms with Gasteiger partial charge in [0.25, 0.3) is 0 Å². The molecule has 1 unspecified atom stereocenters. The number of hydrogen-bond acceptors (Lipinski definition) is 3. The summed E-state index contributed by atoms with van der Waals surface area (Å²) < 4.78 is 0. The fourth-order valence-electron chi connectivity index (χ4n) is 2.00. The molecule has 0 aromatic heterocycles. The molecule has 0 saturated carbocycles. The lowest BCUT2D eigenvalue weighted by Gasteiger charge is -2.21. The highest BCUT2D eigenvalue weighted by molar-refractivity contribution is 4.74. The van der Waals surface area contributed by atoms with Gasteiger partial charge in [-0.25, -0.2) is 0 Å². The highest BCUT2D eigenvalue weighted by Gasteiger charge is 2.20. The summed E-state index contributed by atoms with van der Waals surface area (Å²) in [6.07, 6.45) is 9.11. The van der Waals surface area contributed by atoms with Gasteiger partial charge in [-0.1, -0.05) is 51.2 Å². The van der Waals surface area contributed by atoms with E-state index in [-0.39, 0.29) is 0 Å². The van der Waals surface area contributed by atoms with E-state index in [1.165, 1.54) is 44.9 Å². The first kappa shape index (κ1) is 12.5. The Balaban J connectivity index is 2.14. The molecule has 3 heteroatoms. The Kier molecular flexibility index (Phi) is 6.37. The number of nitrogens with zero attached hydrogens (tertiary/aromatic N) is 3. The Morgan fingerprint density at radius 3 is 2.53 bits per heavy atom. The summed E-state index contributed by atoms with van der Waals surface area (Å²) >= 11 is 0. The van der Waals surface area contributed by atoms with Gasteiger partial charge < -0.3 is 0 Å². The van der Waals surface area contributed by atoms with Crippen LogP contribution in [0.2, 0.25) is 0 Å². The molecular weight excluding hydrogens is 186 g/mol. The van der Waals surface area contributed by atoms with Gasteiger partial charge in [-0.3, -0.25) is 5.01 Å². The zero-order valence-electron chi connectivity index (χ0n) is 10.3.